The van der Waals surface area contributed by atoms with Gasteiger partial charge in [-0.3, -0.25) is 4.98 Å². The van der Waals surface area contributed by atoms with Crippen molar-refractivity contribution in [1.82, 2.24) is 14.9 Å². The Morgan fingerprint density at radius 1 is 1.06 bits per heavy atom. The van der Waals surface area contributed by atoms with E-state index in [9.17, 15) is 14.3 Å². The number of carboxylic acids is 1. The molecule has 4 aromatic rings. The van der Waals surface area contributed by atoms with Crippen LogP contribution in [0.1, 0.15) is 50.7 Å². The first-order valence-electron chi connectivity index (χ1n) is 11.6. The second-order valence-corrected chi connectivity index (χ2v) is 9.30. The molecule has 0 aliphatic carbocycles. The van der Waals surface area contributed by atoms with E-state index in [1.54, 1.807) is 37.4 Å². The van der Waals surface area contributed by atoms with Gasteiger partial charge in [-0.1, -0.05) is 18.2 Å². The van der Waals surface area contributed by atoms with Crippen LogP contribution in [0.15, 0.2) is 72.9 Å². The molecule has 0 radical (unpaired) electrons. The SMILES string of the molecule is Cc1cc(N2C(=S)N[C@@H](c3ccccn3)[C@@H]2c2cc(C)n(-c3ccccc3C(=O)O)c2C)ccc1F. The highest BCUT2D eigenvalue weighted by Crippen LogP contribution is 2.44. The van der Waals surface area contributed by atoms with Gasteiger partial charge in [0.15, 0.2) is 5.11 Å². The van der Waals surface area contributed by atoms with E-state index in [4.69, 9.17) is 12.2 Å². The molecule has 0 spiro atoms. The number of hydrogen-bond acceptors (Lipinski definition) is 3. The van der Waals surface area contributed by atoms with Crippen LogP contribution in [0.25, 0.3) is 5.69 Å². The zero-order chi connectivity index (χ0) is 25.6. The van der Waals surface area contributed by atoms with Crippen LogP contribution in [0.3, 0.4) is 0 Å². The van der Waals surface area contributed by atoms with Gasteiger partial charge >= 0.3 is 5.97 Å². The largest absolute Gasteiger partial charge is 0.478 e. The van der Waals surface area contributed by atoms with Crippen molar-refractivity contribution in [3.05, 3.63) is 113 Å². The van der Waals surface area contributed by atoms with Gasteiger partial charge in [-0.15, -0.1) is 0 Å². The summed E-state index contributed by atoms with van der Waals surface area (Å²) >= 11 is 5.79. The minimum atomic E-state index is -0.988. The average molecular weight is 501 g/mol. The van der Waals surface area contributed by atoms with Gasteiger partial charge in [-0.25, -0.2) is 9.18 Å². The highest BCUT2D eigenvalue weighted by Gasteiger charge is 2.42. The molecule has 1 fully saturated rings. The smallest absolute Gasteiger partial charge is 0.337 e. The minimum Gasteiger partial charge on any atom is -0.478 e. The molecular formula is C28H25FN4O2S. The summed E-state index contributed by atoms with van der Waals surface area (Å²) in [5.74, 6) is -1.27. The van der Waals surface area contributed by atoms with E-state index in [1.807, 2.05) is 53.6 Å². The molecule has 0 saturated carbocycles. The zero-order valence-corrected chi connectivity index (χ0v) is 20.9. The summed E-state index contributed by atoms with van der Waals surface area (Å²) in [6, 6.07) is 19.2. The molecule has 182 valence electrons. The van der Waals surface area contributed by atoms with Crippen LogP contribution in [-0.2, 0) is 0 Å². The van der Waals surface area contributed by atoms with Gasteiger partial charge in [0, 0.05) is 23.3 Å². The maximum absolute atomic E-state index is 14.1. The number of aromatic carboxylic acids is 1. The van der Waals surface area contributed by atoms with Gasteiger partial charge in [-0.05, 0) is 92.6 Å². The number of nitrogens with zero attached hydrogens (tertiary/aromatic N) is 3. The van der Waals surface area contributed by atoms with Crippen molar-refractivity contribution in [3.63, 3.8) is 0 Å². The normalized spacial score (nSPS) is 17.3. The average Bonchev–Trinajstić information content (AvgIpc) is 3.36. The van der Waals surface area contributed by atoms with Crippen LogP contribution in [-0.4, -0.2) is 25.7 Å². The standard InChI is InChI=1S/C28H25FN4O2S/c1-16-14-19(11-12-22(16)29)33-26(25(31-28(33)36)23-9-6-7-13-30-23)21-15-17(2)32(18(21)3)24-10-5-4-8-20(24)27(34)35/h4-15,25-26H,1-3H3,(H,31,36)(H,34,35)/t25-,26-/m0/s1. The number of aryl methyl sites for hydroxylation is 2. The van der Waals surface area contributed by atoms with Crippen molar-refractivity contribution in [2.75, 3.05) is 4.90 Å². The molecule has 1 aliphatic rings. The summed E-state index contributed by atoms with van der Waals surface area (Å²) in [6.45, 7) is 5.66. The Bertz CT molecular complexity index is 1480. The molecule has 5 rings (SSSR count). The Labute approximate surface area is 214 Å². The summed E-state index contributed by atoms with van der Waals surface area (Å²) in [6.07, 6.45) is 1.74. The van der Waals surface area contributed by atoms with E-state index >= 15 is 0 Å². The fraction of sp³-hybridized carbons (Fsp3) is 0.179. The van der Waals surface area contributed by atoms with Crippen LogP contribution < -0.4 is 10.2 Å². The van der Waals surface area contributed by atoms with Crippen molar-refractivity contribution >= 4 is 29.0 Å². The molecule has 2 atom stereocenters. The fourth-order valence-electron chi connectivity index (χ4n) is 5.03. The molecule has 3 heterocycles. The second kappa shape index (κ2) is 9.20. The molecule has 2 aromatic carbocycles. The first kappa shape index (κ1) is 23.7. The monoisotopic (exact) mass is 500 g/mol. The summed E-state index contributed by atoms with van der Waals surface area (Å²) in [5.41, 5.74) is 5.68. The number of nitrogens with one attached hydrogen (secondary N) is 1. The Kier molecular flexibility index (Phi) is 6.05. The van der Waals surface area contributed by atoms with Crippen molar-refractivity contribution in [3.8, 4) is 5.69 Å². The number of para-hydroxylation sites is 1. The number of halogens is 1. The highest BCUT2D eigenvalue weighted by atomic mass is 32.1. The number of anilines is 1. The Morgan fingerprint density at radius 2 is 1.81 bits per heavy atom. The number of benzene rings is 2. The Morgan fingerprint density at radius 3 is 2.50 bits per heavy atom. The number of carbonyl (C=O) groups is 1. The predicted octanol–water partition coefficient (Wildman–Crippen LogP) is 5.81. The Balaban J connectivity index is 1.71. The van der Waals surface area contributed by atoms with Crippen LogP contribution in [0.4, 0.5) is 10.1 Å². The van der Waals surface area contributed by atoms with Gasteiger partial charge in [-0.2, -0.15) is 0 Å². The lowest BCUT2D eigenvalue weighted by Gasteiger charge is -2.28. The molecule has 0 bridgehead atoms. The number of carboxylic acid groups (broad SMARTS) is 1. The summed E-state index contributed by atoms with van der Waals surface area (Å²) in [5, 5.41) is 13.7. The second-order valence-electron chi connectivity index (χ2n) is 8.91. The summed E-state index contributed by atoms with van der Waals surface area (Å²) in [4.78, 5) is 18.6. The third kappa shape index (κ3) is 3.93. The molecule has 36 heavy (non-hydrogen) atoms. The van der Waals surface area contributed by atoms with Crippen LogP contribution in [0, 0.1) is 26.6 Å². The fourth-order valence-corrected chi connectivity index (χ4v) is 5.38. The number of rotatable bonds is 5. The maximum Gasteiger partial charge on any atom is 0.337 e. The summed E-state index contributed by atoms with van der Waals surface area (Å²) < 4.78 is 16.1. The van der Waals surface area contributed by atoms with Crippen LogP contribution in [0.5, 0.6) is 0 Å². The van der Waals surface area contributed by atoms with Crippen molar-refractivity contribution < 1.29 is 14.3 Å². The maximum atomic E-state index is 14.1. The quantitative estimate of drug-likeness (QED) is 0.337. The molecule has 0 amide bonds. The van der Waals surface area contributed by atoms with Gasteiger partial charge in [0.2, 0.25) is 0 Å². The number of pyridine rings is 1. The van der Waals surface area contributed by atoms with E-state index in [1.165, 1.54) is 6.07 Å². The third-order valence-corrected chi connectivity index (χ3v) is 7.00. The number of thiocarbonyl (C=S) groups is 1. The number of aromatic nitrogens is 2. The molecule has 0 unspecified atom stereocenters. The molecule has 1 aliphatic heterocycles. The topological polar surface area (TPSA) is 70.4 Å². The van der Waals surface area contributed by atoms with Crippen molar-refractivity contribution in [1.29, 1.82) is 0 Å². The number of hydrogen-bond donors (Lipinski definition) is 2. The predicted molar refractivity (Wildman–Crippen MR) is 141 cm³/mol. The van der Waals surface area contributed by atoms with Crippen molar-refractivity contribution in [2.45, 2.75) is 32.9 Å². The zero-order valence-electron chi connectivity index (χ0n) is 20.1. The van der Waals surface area contributed by atoms with Crippen LogP contribution in [0.2, 0.25) is 0 Å². The van der Waals surface area contributed by atoms with E-state index in [0.29, 0.717) is 16.4 Å². The lowest BCUT2D eigenvalue weighted by atomic mass is 9.96. The van der Waals surface area contributed by atoms with Crippen molar-refractivity contribution in [2.24, 2.45) is 0 Å². The molecular weight excluding hydrogens is 475 g/mol. The summed E-state index contributed by atoms with van der Waals surface area (Å²) in [7, 11) is 0. The van der Waals surface area contributed by atoms with Crippen LogP contribution >= 0.6 is 12.2 Å². The van der Waals surface area contributed by atoms with Gasteiger partial charge in [0.05, 0.1) is 29.0 Å². The third-order valence-electron chi connectivity index (χ3n) is 6.68. The van der Waals surface area contributed by atoms with Gasteiger partial charge < -0.3 is 19.9 Å². The molecule has 2 N–H and O–H groups in total. The van der Waals surface area contributed by atoms with Gasteiger partial charge in [0.1, 0.15) is 5.82 Å². The lowest BCUT2D eigenvalue weighted by molar-refractivity contribution is 0.0697. The van der Waals surface area contributed by atoms with Gasteiger partial charge in [0.25, 0.3) is 0 Å². The first-order chi connectivity index (χ1) is 17.3. The van der Waals surface area contributed by atoms with E-state index in [-0.39, 0.29) is 23.5 Å². The lowest BCUT2D eigenvalue weighted by Crippen LogP contribution is -2.29. The van der Waals surface area contributed by atoms with E-state index in [2.05, 4.69) is 16.4 Å². The van der Waals surface area contributed by atoms with E-state index in [0.717, 1.165) is 28.3 Å². The molecule has 8 heteroatoms. The first-order valence-corrected chi connectivity index (χ1v) is 12.0. The molecule has 1 saturated heterocycles. The Hall–Kier alpha value is -4.04. The minimum absolute atomic E-state index is 0.221. The highest BCUT2D eigenvalue weighted by molar-refractivity contribution is 7.80. The molecule has 2 aromatic heterocycles. The van der Waals surface area contributed by atoms with E-state index < -0.39 is 5.97 Å². The molecule has 6 nitrogen and oxygen atoms in total.